The highest BCUT2D eigenvalue weighted by Crippen LogP contribution is 2.30. The van der Waals surface area contributed by atoms with E-state index in [1.165, 1.54) is 18.3 Å². The van der Waals surface area contributed by atoms with Crippen molar-refractivity contribution in [2.45, 2.75) is 18.2 Å². The number of aliphatic imine (C=N–C) groups is 1. The number of nitriles is 1. The number of thioether (sulfide) groups is 1. The van der Waals surface area contributed by atoms with Gasteiger partial charge in [0.1, 0.15) is 11.9 Å². The number of halogens is 2. The van der Waals surface area contributed by atoms with E-state index in [0.29, 0.717) is 22.8 Å². The first-order chi connectivity index (χ1) is 11.4. The Morgan fingerprint density at radius 3 is 2.88 bits per heavy atom. The number of rotatable bonds is 5. The van der Waals surface area contributed by atoms with Gasteiger partial charge >= 0.3 is 0 Å². The zero-order chi connectivity index (χ0) is 17.7. The number of thiazole rings is 1. The molecule has 1 N–H and O–H groups in total. The molecule has 0 saturated carbocycles. The lowest BCUT2D eigenvalue weighted by atomic mass is 10.2. The van der Waals surface area contributed by atoms with Crippen LogP contribution in [-0.2, 0) is 0 Å². The molecule has 4 nitrogen and oxygen atoms in total. The number of nitrogens with one attached hydrogen (secondary N) is 1. The van der Waals surface area contributed by atoms with Gasteiger partial charge < -0.3 is 5.32 Å². The van der Waals surface area contributed by atoms with Crippen molar-refractivity contribution in [3.8, 4) is 6.07 Å². The van der Waals surface area contributed by atoms with Crippen molar-refractivity contribution in [1.29, 1.82) is 5.26 Å². The van der Waals surface area contributed by atoms with Gasteiger partial charge in [-0.15, -0.1) is 11.3 Å². The second-order valence-electron chi connectivity index (χ2n) is 4.73. The lowest BCUT2D eigenvalue weighted by Gasteiger charge is -2.08. The third-order valence-electron chi connectivity index (χ3n) is 3.02. The smallest absolute Gasteiger partial charge is 0.167 e. The molecule has 1 heterocycles. The van der Waals surface area contributed by atoms with Gasteiger partial charge in [0.2, 0.25) is 0 Å². The molecule has 0 fully saturated rings. The van der Waals surface area contributed by atoms with Crippen LogP contribution in [0, 0.1) is 24.1 Å². The molecule has 8 heteroatoms. The Bertz CT molecular complexity index is 852. The number of aryl methyl sites for hydroxylation is 1. The summed E-state index contributed by atoms with van der Waals surface area (Å²) in [4.78, 5) is 9.66. The van der Waals surface area contributed by atoms with Crippen LogP contribution in [0.4, 0.5) is 15.9 Å². The fourth-order valence-electron chi connectivity index (χ4n) is 1.76. The van der Waals surface area contributed by atoms with Crippen LogP contribution in [0.3, 0.4) is 0 Å². The summed E-state index contributed by atoms with van der Waals surface area (Å²) < 4.78 is 14.1. The normalized spacial score (nSPS) is 12.2. The molecule has 0 atom stereocenters. The minimum absolute atomic E-state index is 0.0164. The van der Waals surface area contributed by atoms with Crippen LogP contribution >= 0.6 is 34.7 Å². The average molecular weight is 381 g/mol. The highest BCUT2D eigenvalue weighted by Gasteiger charge is 2.07. The summed E-state index contributed by atoms with van der Waals surface area (Å²) in [6.07, 6.45) is 3.42. The highest BCUT2D eigenvalue weighted by molar-refractivity contribution is 8.00. The van der Waals surface area contributed by atoms with Crippen molar-refractivity contribution in [1.82, 2.24) is 4.98 Å². The molecule has 0 amide bonds. The number of hydrogen-bond acceptors (Lipinski definition) is 6. The third kappa shape index (κ3) is 4.57. The first-order valence-corrected chi connectivity index (χ1v) is 9.25. The summed E-state index contributed by atoms with van der Waals surface area (Å²) in [5.74, 6) is 0.115. The molecule has 2 rings (SSSR count). The fourth-order valence-corrected chi connectivity index (χ4v) is 3.41. The lowest BCUT2D eigenvalue weighted by Crippen LogP contribution is -2.00. The van der Waals surface area contributed by atoms with Gasteiger partial charge in [0.05, 0.1) is 10.6 Å². The van der Waals surface area contributed by atoms with Crippen LogP contribution in [-0.4, -0.2) is 17.5 Å². The summed E-state index contributed by atoms with van der Waals surface area (Å²) in [7, 11) is 0. The highest BCUT2D eigenvalue weighted by atomic mass is 35.5. The van der Waals surface area contributed by atoms with Crippen LogP contribution < -0.4 is 5.32 Å². The number of hydrogen-bond donors (Lipinski definition) is 1. The average Bonchev–Trinajstić information content (AvgIpc) is 2.92. The van der Waals surface area contributed by atoms with Gasteiger partial charge in [-0.25, -0.2) is 14.4 Å². The summed E-state index contributed by atoms with van der Waals surface area (Å²) in [5, 5.41) is 12.4. The van der Waals surface area contributed by atoms with Gasteiger partial charge in [0, 0.05) is 22.5 Å². The summed E-state index contributed by atoms with van der Waals surface area (Å²) in [6.45, 7) is 3.68. The monoisotopic (exact) mass is 380 g/mol. The summed E-state index contributed by atoms with van der Waals surface area (Å²) in [6, 6.07) is 6.36. The first kappa shape index (κ1) is 18.5. The van der Waals surface area contributed by atoms with Crippen LogP contribution in [0.1, 0.15) is 11.8 Å². The zero-order valence-electron chi connectivity index (χ0n) is 13.2. The van der Waals surface area contributed by atoms with Crippen molar-refractivity contribution in [2.24, 2.45) is 4.99 Å². The van der Waals surface area contributed by atoms with Crippen LogP contribution in [0.25, 0.3) is 0 Å². The molecule has 24 heavy (non-hydrogen) atoms. The van der Waals surface area contributed by atoms with Crippen LogP contribution in [0.2, 0.25) is 5.02 Å². The van der Waals surface area contributed by atoms with E-state index >= 15 is 0 Å². The lowest BCUT2D eigenvalue weighted by molar-refractivity contribution is 0.628. The Hall–Kier alpha value is -1.88. The van der Waals surface area contributed by atoms with E-state index in [4.69, 9.17) is 11.6 Å². The molecule has 1 aromatic carbocycles. The maximum atomic E-state index is 13.2. The molecule has 0 aliphatic heterocycles. The van der Waals surface area contributed by atoms with Crippen LogP contribution in [0.15, 0.2) is 38.8 Å². The van der Waals surface area contributed by atoms with Gasteiger partial charge in [-0.3, -0.25) is 0 Å². The number of nitrogens with zero attached hydrogens (tertiary/aromatic N) is 3. The van der Waals surface area contributed by atoms with Crippen molar-refractivity contribution < 1.29 is 4.39 Å². The van der Waals surface area contributed by atoms with Gasteiger partial charge in [0.15, 0.2) is 10.2 Å². The van der Waals surface area contributed by atoms with Gasteiger partial charge in [-0.05, 0) is 38.3 Å². The Balaban J connectivity index is 2.23. The van der Waals surface area contributed by atoms with Crippen molar-refractivity contribution in [2.75, 3.05) is 11.6 Å². The Kier molecular flexibility index (Phi) is 6.37. The molecule has 124 valence electrons. The molecule has 0 unspecified atom stereocenters. The van der Waals surface area contributed by atoms with E-state index in [-0.39, 0.29) is 5.02 Å². The minimum atomic E-state index is -0.491. The third-order valence-corrected chi connectivity index (χ3v) is 5.25. The van der Waals surface area contributed by atoms with Crippen molar-refractivity contribution >= 4 is 52.4 Å². The van der Waals surface area contributed by atoms with Gasteiger partial charge in [0.25, 0.3) is 0 Å². The van der Waals surface area contributed by atoms with E-state index in [9.17, 15) is 9.65 Å². The largest absolute Gasteiger partial charge is 0.358 e. The molecule has 0 radical (unpaired) electrons. The molecule has 1 aromatic heterocycles. The first-order valence-electron chi connectivity index (χ1n) is 6.83. The van der Waals surface area contributed by atoms with Crippen molar-refractivity contribution in [3.05, 3.63) is 45.2 Å². The van der Waals surface area contributed by atoms with Crippen molar-refractivity contribution in [3.63, 3.8) is 0 Å². The van der Waals surface area contributed by atoms with E-state index in [1.54, 1.807) is 36.1 Å². The predicted molar refractivity (Wildman–Crippen MR) is 100 cm³/mol. The van der Waals surface area contributed by atoms with Gasteiger partial charge in [-0.2, -0.15) is 5.26 Å². The van der Waals surface area contributed by atoms with E-state index < -0.39 is 5.82 Å². The molecular weight excluding hydrogens is 367 g/mol. The standard InChI is InChI=1S/C16H14ClFN4S2/c1-9(21-12-4-5-14(18)13(17)6-12)11(7-19)8-20-15-10(2)24-16(22-15)23-3/h4-6,8,21H,1-3H3/b11-9+,20-8-. The Morgan fingerprint density at radius 2 is 2.29 bits per heavy atom. The molecular formula is C16H14ClFN4S2. The number of aromatic nitrogens is 1. The molecule has 0 aliphatic rings. The minimum Gasteiger partial charge on any atom is -0.358 e. The Labute approximate surface area is 153 Å². The molecule has 2 aromatic rings. The second kappa shape index (κ2) is 8.29. The van der Waals surface area contributed by atoms with Gasteiger partial charge in [-0.1, -0.05) is 23.4 Å². The quantitative estimate of drug-likeness (QED) is 0.418. The fraction of sp³-hybridized carbons (Fsp3) is 0.188. The van der Waals surface area contributed by atoms with E-state index in [2.05, 4.69) is 21.4 Å². The molecule has 0 saturated heterocycles. The predicted octanol–water partition coefficient (Wildman–Crippen LogP) is 5.58. The summed E-state index contributed by atoms with van der Waals surface area (Å²) in [5.41, 5.74) is 1.53. The number of anilines is 1. The molecule has 0 aliphatic carbocycles. The maximum absolute atomic E-state index is 13.2. The summed E-state index contributed by atoms with van der Waals surface area (Å²) >= 11 is 8.87. The zero-order valence-corrected chi connectivity index (χ0v) is 15.6. The Morgan fingerprint density at radius 1 is 1.54 bits per heavy atom. The van der Waals surface area contributed by atoms with E-state index in [0.717, 1.165) is 9.22 Å². The second-order valence-corrected chi connectivity index (χ2v) is 7.39. The number of benzene rings is 1. The van der Waals surface area contributed by atoms with E-state index in [1.807, 2.05) is 13.2 Å². The van der Waals surface area contributed by atoms with Crippen LogP contribution in [0.5, 0.6) is 0 Å². The maximum Gasteiger partial charge on any atom is 0.167 e. The molecule has 0 spiro atoms. The SMILES string of the molecule is CSc1nc(/N=C\C(C#N)=C(/C)Nc2ccc(F)c(Cl)c2)c(C)s1. The molecule has 0 bridgehead atoms. The number of allylic oxidation sites excluding steroid dienone is 2. The topological polar surface area (TPSA) is 61.1 Å².